The Morgan fingerprint density at radius 2 is 2.28 bits per heavy atom. The number of thiazole rings is 1. The Kier molecular flexibility index (Phi) is 7.13. The van der Waals surface area contributed by atoms with Gasteiger partial charge in [0.25, 0.3) is 5.91 Å². The molecule has 0 spiro atoms. The minimum absolute atomic E-state index is 0.162. The molecule has 1 saturated heterocycles. The largest absolute Gasteiger partial charge is 0.378 e. The van der Waals surface area contributed by atoms with Crippen molar-refractivity contribution >= 4 is 28.4 Å². The molecule has 0 radical (unpaired) electrons. The van der Waals surface area contributed by atoms with Gasteiger partial charge in [0.1, 0.15) is 5.82 Å². The first-order valence-corrected chi connectivity index (χ1v) is 9.97. The number of carbonyl (C=O) groups is 2. The fourth-order valence-electron chi connectivity index (χ4n) is 2.99. The number of nitrogens with zero attached hydrogens (tertiary/aromatic N) is 2. The number of rotatable bonds is 7. The van der Waals surface area contributed by atoms with E-state index in [2.05, 4.69) is 15.6 Å². The number of hydrogen-bond acceptors (Lipinski definition) is 6. The number of halogens is 1. The molecule has 2 atom stereocenters. The van der Waals surface area contributed by atoms with Crippen molar-refractivity contribution in [1.82, 2.24) is 15.2 Å². The Morgan fingerprint density at radius 1 is 1.45 bits per heavy atom. The number of amides is 3. The molecule has 2 N–H and O–H groups in total. The van der Waals surface area contributed by atoms with Gasteiger partial charge in [0, 0.05) is 32.5 Å². The van der Waals surface area contributed by atoms with E-state index in [-0.39, 0.29) is 30.9 Å². The zero-order valence-electron chi connectivity index (χ0n) is 16.2. The summed E-state index contributed by atoms with van der Waals surface area (Å²) < 4.78 is 23.9. The van der Waals surface area contributed by atoms with Crippen molar-refractivity contribution in [3.63, 3.8) is 0 Å². The molecular weight excluding hydrogens is 399 g/mol. The van der Waals surface area contributed by atoms with Crippen LogP contribution in [0.4, 0.5) is 14.3 Å². The molecule has 3 amide bonds. The summed E-state index contributed by atoms with van der Waals surface area (Å²) in [5.41, 5.74) is 1.31. The van der Waals surface area contributed by atoms with Crippen molar-refractivity contribution < 1.29 is 23.5 Å². The molecular formula is C19H23FN4O4S. The highest BCUT2D eigenvalue weighted by atomic mass is 32.1. The molecule has 2 aromatic rings. The topological polar surface area (TPSA) is 92.8 Å². The Bertz CT molecular complexity index is 862. The van der Waals surface area contributed by atoms with Crippen molar-refractivity contribution in [1.29, 1.82) is 0 Å². The number of aromatic nitrogens is 1. The minimum atomic E-state index is -0.602. The minimum Gasteiger partial charge on any atom is -0.378 e. The highest BCUT2D eigenvalue weighted by Crippen LogP contribution is 2.20. The molecule has 0 aliphatic carbocycles. The summed E-state index contributed by atoms with van der Waals surface area (Å²) in [6.45, 7) is 0.984. The number of anilines is 1. The predicted octanol–water partition coefficient (Wildman–Crippen LogP) is 2.37. The van der Waals surface area contributed by atoms with Gasteiger partial charge in [0.15, 0.2) is 11.2 Å². The SMILES string of the molecule is COC1CCOC1C(=O)N(C)Cc1csc(NC(=O)NCc2cccc(F)c2)n1. The Balaban J connectivity index is 1.48. The van der Waals surface area contributed by atoms with Crippen molar-refractivity contribution in [3.8, 4) is 0 Å². The van der Waals surface area contributed by atoms with E-state index in [4.69, 9.17) is 9.47 Å². The second-order valence-corrected chi connectivity index (χ2v) is 7.49. The van der Waals surface area contributed by atoms with Gasteiger partial charge >= 0.3 is 6.03 Å². The smallest absolute Gasteiger partial charge is 0.321 e. The lowest BCUT2D eigenvalue weighted by atomic mass is 10.1. The van der Waals surface area contributed by atoms with Crippen LogP contribution in [-0.4, -0.2) is 54.8 Å². The fraction of sp³-hybridized carbons (Fsp3) is 0.421. The maximum absolute atomic E-state index is 13.2. The van der Waals surface area contributed by atoms with E-state index in [0.717, 1.165) is 0 Å². The molecule has 1 aromatic heterocycles. The number of likely N-dealkylation sites (N-methyl/N-ethyl adjacent to an activating group) is 1. The van der Waals surface area contributed by atoms with Gasteiger partial charge in [0.05, 0.1) is 24.9 Å². The second-order valence-electron chi connectivity index (χ2n) is 6.63. The van der Waals surface area contributed by atoms with Crippen LogP contribution in [0.3, 0.4) is 0 Å². The molecule has 29 heavy (non-hydrogen) atoms. The molecule has 1 fully saturated rings. The van der Waals surface area contributed by atoms with Gasteiger partial charge in [-0.2, -0.15) is 0 Å². The fourth-order valence-corrected chi connectivity index (χ4v) is 3.68. The summed E-state index contributed by atoms with van der Waals surface area (Å²) in [6, 6.07) is 5.57. The second kappa shape index (κ2) is 9.77. The first-order chi connectivity index (χ1) is 14.0. The Morgan fingerprint density at radius 3 is 3.03 bits per heavy atom. The first kappa shape index (κ1) is 21.2. The number of hydrogen-bond donors (Lipinski definition) is 2. The van der Waals surface area contributed by atoms with Crippen molar-refractivity contribution in [2.75, 3.05) is 26.1 Å². The average Bonchev–Trinajstić information content (AvgIpc) is 3.35. The lowest BCUT2D eigenvalue weighted by molar-refractivity contribution is -0.144. The average molecular weight is 422 g/mol. The number of carbonyl (C=O) groups excluding carboxylic acids is 2. The standard InChI is InChI=1S/C19H23FN4O4S/c1-24(17(25)16-15(27-2)6-7-28-16)10-14-11-29-19(22-14)23-18(26)21-9-12-4-3-5-13(20)8-12/h3-5,8,11,15-16H,6-7,9-10H2,1-2H3,(H2,21,22,23,26). The molecule has 2 unspecified atom stereocenters. The third kappa shape index (κ3) is 5.72. The third-order valence-corrected chi connectivity index (χ3v) is 5.28. The summed E-state index contributed by atoms with van der Waals surface area (Å²) in [7, 11) is 3.24. The van der Waals surface area contributed by atoms with E-state index in [9.17, 15) is 14.0 Å². The van der Waals surface area contributed by atoms with Gasteiger partial charge in [0.2, 0.25) is 0 Å². The summed E-state index contributed by atoms with van der Waals surface area (Å²) in [4.78, 5) is 30.4. The van der Waals surface area contributed by atoms with Crippen LogP contribution in [0.2, 0.25) is 0 Å². The van der Waals surface area contributed by atoms with Gasteiger partial charge in [-0.05, 0) is 17.7 Å². The van der Waals surface area contributed by atoms with Crippen LogP contribution < -0.4 is 10.6 Å². The highest BCUT2D eigenvalue weighted by Gasteiger charge is 2.36. The Hall–Kier alpha value is -2.56. The predicted molar refractivity (Wildman–Crippen MR) is 106 cm³/mol. The van der Waals surface area contributed by atoms with Crippen LogP contribution in [0, 0.1) is 5.82 Å². The lowest BCUT2D eigenvalue weighted by Gasteiger charge is -2.23. The van der Waals surface area contributed by atoms with E-state index in [1.54, 1.807) is 31.7 Å². The van der Waals surface area contributed by atoms with E-state index < -0.39 is 12.1 Å². The van der Waals surface area contributed by atoms with E-state index in [1.165, 1.54) is 28.4 Å². The number of nitrogens with one attached hydrogen (secondary N) is 2. The van der Waals surface area contributed by atoms with Crippen molar-refractivity contribution in [2.24, 2.45) is 0 Å². The number of ether oxygens (including phenoxy) is 2. The van der Waals surface area contributed by atoms with Crippen LogP contribution in [0.15, 0.2) is 29.6 Å². The van der Waals surface area contributed by atoms with E-state index >= 15 is 0 Å². The van der Waals surface area contributed by atoms with Crippen LogP contribution in [0.25, 0.3) is 0 Å². The van der Waals surface area contributed by atoms with Crippen LogP contribution >= 0.6 is 11.3 Å². The molecule has 0 saturated carbocycles. The highest BCUT2D eigenvalue weighted by molar-refractivity contribution is 7.13. The number of benzene rings is 1. The number of urea groups is 1. The van der Waals surface area contributed by atoms with Crippen LogP contribution in [0.5, 0.6) is 0 Å². The maximum Gasteiger partial charge on any atom is 0.321 e. The first-order valence-electron chi connectivity index (χ1n) is 9.09. The molecule has 8 nitrogen and oxygen atoms in total. The summed E-state index contributed by atoms with van der Waals surface area (Å²) >= 11 is 1.26. The number of methoxy groups -OCH3 is 1. The van der Waals surface area contributed by atoms with Crippen LogP contribution in [0.1, 0.15) is 17.7 Å². The van der Waals surface area contributed by atoms with E-state index in [0.29, 0.717) is 29.4 Å². The molecule has 1 aromatic carbocycles. The molecule has 1 aliphatic heterocycles. The summed E-state index contributed by atoms with van der Waals surface area (Å²) in [5.74, 6) is -0.516. The Labute approximate surface area is 172 Å². The lowest BCUT2D eigenvalue weighted by Crippen LogP contribution is -2.41. The molecule has 156 valence electrons. The summed E-state index contributed by atoms with van der Waals surface area (Å²) in [6.07, 6.45) is -0.148. The molecule has 0 bridgehead atoms. The van der Waals surface area contributed by atoms with Gasteiger partial charge in [-0.15, -0.1) is 11.3 Å². The van der Waals surface area contributed by atoms with Gasteiger partial charge in [-0.1, -0.05) is 12.1 Å². The van der Waals surface area contributed by atoms with E-state index in [1.807, 2.05) is 0 Å². The van der Waals surface area contributed by atoms with Gasteiger partial charge in [-0.25, -0.2) is 14.2 Å². The molecule has 3 rings (SSSR count). The maximum atomic E-state index is 13.2. The monoisotopic (exact) mass is 422 g/mol. The van der Waals surface area contributed by atoms with Crippen LogP contribution in [-0.2, 0) is 27.4 Å². The molecule has 1 aliphatic rings. The zero-order chi connectivity index (χ0) is 20.8. The normalized spacial score (nSPS) is 18.4. The molecule has 10 heteroatoms. The summed E-state index contributed by atoms with van der Waals surface area (Å²) in [5, 5.41) is 7.46. The zero-order valence-corrected chi connectivity index (χ0v) is 17.0. The quantitative estimate of drug-likeness (QED) is 0.715. The molecule has 2 heterocycles. The van der Waals surface area contributed by atoms with Gasteiger partial charge < -0.3 is 19.7 Å². The third-order valence-electron chi connectivity index (χ3n) is 4.47. The van der Waals surface area contributed by atoms with Crippen molar-refractivity contribution in [2.45, 2.75) is 31.7 Å². The van der Waals surface area contributed by atoms with Gasteiger partial charge in [-0.3, -0.25) is 10.1 Å². The van der Waals surface area contributed by atoms with Crippen molar-refractivity contribution in [3.05, 3.63) is 46.7 Å².